The molecule has 13 heavy (non-hydrogen) atoms. The number of hydrogen-bond donors (Lipinski definition) is 1. The highest BCUT2D eigenvalue weighted by Gasteiger charge is 2.14. The number of hydrogen-bond acceptors (Lipinski definition) is 4. The summed E-state index contributed by atoms with van der Waals surface area (Å²) >= 11 is 2.92. The highest BCUT2D eigenvalue weighted by atomic mass is 32.2. The fourth-order valence-electron chi connectivity index (χ4n) is 1.14. The number of rotatable bonds is 1. The quantitative estimate of drug-likeness (QED) is 0.581. The predicted molar refractivity (Wildman–Crippen MR) is 53.6 cm³/mol. The van der Waals surface area contributed by atoms with Crippen LogP contribution in [0.25, 0.3) is 11.1 Å². The van der Waals surface area contributed by atoms with E-state index >= 15 is 0 Å². The number of nitrogens with zero attached hydrogens (tertiary/aromatic N) is 1. The van der Waals surface area contributed by atoms with E-state index in [9.17, 15) is 4.55 Å². The molecule has 1 aromatic carbocycles. The van der Waals surface area contributed by atoms with Crippen LogP contribution in [0.15, 0.2) is 32.7 Å². The summed E-state index contributed by atoms with van der Waals surface area (Å²) in [6.07, 6.45) is 1.61. The van der Waals surface area contributed by atoms with Gasteiger partial charge in [0.25, 0.3) is 5.22 Å². The second-order valence-electron chi connectivity index (χ2n) is 2.55. The molecule has 0 aliphatic heterocycles. The molecule has 3 nitrogen and oxygen atoms in total. The smallest absolute Gasteiger partial charge is 0.253 e. The van der Waals surface area contributed by atoms with Gasteiger partial charge in [-0.3, -0.25) is 0 Å². The lowest BCUT2D eigenvalue weighted by atomic mass is 10.3. The second kappa shape index (κ2) is 3.25. The molecular formula is C8H7NO2S2. The van der Waals surface area contributed by atoms with Crippen LogP contribution >= 0.6 is 12.6 Å². The van der Waals surface area contributed by atoms with E-state index in [0.29, 0.717) is 21.2 Å². The van der Waals surface area contributed by atoms with Crippen LogP contribution < -0.4 is 0 Å². The molecule has 1 aromatic heterocycles. The van der Waals surface area contributed by atoms with Crippen LogP contribution in [-0.2, 0) is 11.2 Å². The summed E-state index contributed by atoms with van der Waals surface area (Å²) in [6.45, 7) is 0. The maximum absolute atomic E-state index is 11.3. The van der Waals surface area contributed by atoms with E-state index < -0.39 is 11.2 Å². The van der Waals surface area contributed by atoms with Gasteiger partial charge in [0.15, 0.2) is 4.90 Å². The van der Waals surface area contributed by atoms with Crippen LogP contribution in [0.4, 0.5) is 0 Å². The number of thiol groups is 1. The van der Waals surface area contributed by atoms with Gasteiger partial charge in [0.05, 0.1) is 0 Å². The third-order valence-corrected chi connectivity index (χ3v) is 2.81. The van der Waals surface area contributed by atoms with Crippen molar-refractivity contribution < 1.29 is 8.97 Å². The average Bonchev–Trinajstić information content (AvgIpc) is 2.43. The van der Waals surface area contributed by atoms with Crippen molar-refractivity contribution in [1.29, 1.82) is 0 Å². The maximum atomic E-state index is 11.3. The van der Waals surface area contributed by atoms with Gasteiger partial charge in [0.1, 0.15) is 11.8 Å². The van der Waals surface area contributed by atoms with Crippen molar-refractivity contribution in [1.82, 2.24) is 4.98 Å². The van der Waals surface area contributed by atoms with Gasteiger partial charge in [0, 0.05) is 0 Å². The van der Waals surface area contributed by atoms with Crippen molar-refractivity contribution in [2.24, 2.45) is 0 Å². The van der Waals surface area contributed by atoms with E-state index in [4.69, 9.17) is 4.42 Å². The maximum Gasteiger partial charge on any atom is 0.253 e. The standard InChI is InChI=1S/C8H7NO2S2/c1-13(10)6-4-2-3-5-7(6)11-8(12)9-5/h2-4H,1H3,(H,9,12). The molecule has 0 saturated heterocycles. The van der Waals surface area contributed by atoms with Gasteiger partial charge in [0.2, 0.25) is 5.58 Å². The molecule has 0 fully saturated rings. The number of fused-ring (bicyclic) bond motifs is 1. The fourth-order valence-corrected chi connectivity index (χ4v) is 2.01. The third-order valence-electron chi connectivity index (χ3n) is 1.68. The van der Waals surface area contributed by atoms with Crippen molar-refractivity contribution >= 4 is 34.9 Å². The van der Waals surface area contributed by atoms with Gasteiger partial charge in [-0.05, 0) is 23.3 Å². The van der Waals surface area contributed by atoms with Crippen LogP contribution in [0.5, 0.6) is 0 Å². The highest BCUT2D eigenvalue weighted by Crippen LogP contribution is 2.24. The first-order valence-corrected chi connectivity index (χ1v) is 5.61. The molecule has 1 unspecified atom stereocenters. The predicted octanol–water partition coefficient (Wildman–Crippen LogP) is 1.85. The van der Waals surface area contributed by atoms with Crippen LogP contribution in [0.2, 0.25) is 0 Å². The Balaban J connectivity index is 2.75. The Labute approximate surface area is 83.7 Å². The molecular weight excluding hydrogens is 206 g/mol. The highest BCUT2D eigenvalue weighted by molar-refractivity contribution is 7.91. The summed E-state index contributed by atoms with van der Waals surface area (Å²) in [5.74, 6) is 0. The minimum absolute atomic E-state index is 0.299. The molecule has 0 aliphatic rings. The van der Waals surface area contributed by atoms with Gasteiger partial charge in [-0.15, -0.1) is 0 Å². The zero-order valence-corrected chi connectivity index (χ0v) is 8.56. The molecule has 0 amide bonds. The van der Waals surface area contributed by atoms with Gasteiger partial charge < -0.3 is 8.97 Å². The monoisotopic (exact) mass is 213 g/mol. The van der Waals surface area contributed by atoms with Crippen molar-refractivity contribution in [3.05, 3.63) is 18.2 Å². The zero-order chi connectivity index (χ0) is 9.42. The topological polar surface area (TPSA) is 49.1 Å². The molecule has 0 radical (unpaired) electrons. The summed E-state index contributed by atoms with van der Waals surface area (Å²) in [4.78, 5) is 4.68. The lowest BCUT2D eigenvalue weighted by Crippen LogP contribution is -1.96. The fraction of sp³-hybridized carbons (Fsp3) is 0.125. The van der Waals surface area contributed by atoms with Gasteiger partial charge in [-0.1, -0.05) is 18.7 Å². The third kappa shape index (κ3) is 1.54. The summed E-state index contributed by atoms with van der Waals surface area (Å²) in [6, 6.07) is 5.36. The first-order valence-electron chi connectivity index (χ1n) is 3.60. The zero-order valence-electron chi connectivity index (χ0n) is 6.85. The Morgan fingerprint density at radius 3 is 3.00 bits per heavy atom. The summed E-state index contributed by atoms with van der Waals surface area (Å²) in [5, 5.41) is 0.299. The minimum Gasteiger partial charge on any atom is -0.612 e. The Hall–Kier alpha value is -0.650. The lowest BCUT2D eigenvalue weighted by Gasteiger charge is -2.02. The van der Waals surface area contributed by atoms with E-state index in [1.165, 1.54) is 0 Å². The lowest BCUT2D eigenvalue weighted by molar-refractivity contribution is 0.485. The number of benzene rings is 1. The van der Waals surface area contributed by atoms with Crippen LogP contribution in [0.3, 0.4) is 0 Å². The molecule has 5 heteroatoms. The molecule has 2 aromatic rings. The van der Waals surface area contributed by atoms with Crippen molar-refractivity contribution in [3.63, 3.8) is 0 Å². The average molecular weight is 213 g/mol. The van der Waals surface area contributed by atoms with Gasteiger partial charge >= 0.3 is 0 Å². The van der Waals surface area contributed by atoms with Crippen LogP contribution in [-0.4, -0.2) is 15.8 Å². The van der Waals surface area contributed by atoms with Crippen molar-refractivity contribution in [2.45, 2.75) is 10.1 Å². The number of para-hydroxylation sites is 1. The van der Waals surface area contributed by atoms with Gasteiger partial charge in [-0.25, -0.2) is 4.98 Å². The molecule has 1 atom stereocenters. The summed E-state index contributed by atoms with van der Waals surface area (Å²) in [5.41, 5.74) is 1.26. The Kier molecular flexibility index (Phi) is 2.23. The second-order valence-corrected chi connectivity index (χ2v) is 4.29. The largest absolute Gasteiger partial charge is 0.612 e. The summed E-state index contributed by atoms with van der Waals surface area (Å²) in [7, 11) is 0. The van der Waals surface area contributed by atoms with E-state index in [1.54, 1.807) is 24.5 Å². The molecule has 0 saturated carbocycles. The van der Waals surface area contributed by atoms with E-state index in [0.717, 1.165) is 0 Å². The van der Waals surface area contributed by atoms with E-state index in [2.05, 4.69) is 17.6 Å². The Morgan fingerprint density at radius 1 is 1.54 bits per heavy atom. The van der Waals surface area contributed by atoms with E-state index in [-0.39, 0.29) is 0 Å². The number of aromatic nitrogens is 1. The van der Waals surface area contributed by atoms with Crippen LogP contribution in [0.1, 0.15) is 0 Å². The normalized spacial score (nSPS) is 13.5. The Morgan fingerprint density at radius 2 is 2.31 bits per heavy atom. The first-order chi connectivity index (χ1) is 6.18. The molecule has 0 N–H and O–H groups in total. The minimum atomic E-state index is -1.06. The molecule has 2 rings (SSSR count). The molecule has 0 spiro atoms. The van der Waals surface area contributed by atoms with Crippen molar-refractivity contribution in [3.8, 4) is 0 Å². The van der Waals surface area contributed by atoms with Crippen molar-refractivity contribution in [2.75, 3.05) is 6.26 Å². The molecule has 0 aliphatic carbocycles. The summed E-state index contributed by atoms with van der Waals surface area (Å²) < 4.78 is 16.5. The molecule has 68 valence electrons. The first kappa shape index (κ1) is 8.93. The molecule has 0 bridgehead atoms. The number of oxazole rings is 1. The molecule has 1 heterocycles. The SMILES string of the molecule is C[S+]([O-])c1cccc2nc(S)oc12. The van der Waals surface area contributed by atoms with Gasteiger partial charge in [-0.2, -0.15) is 0 Å². The van der Waals surface area contributed by atoms with Crippen LogP contribution in [0, 0.1) is 0 Å². The van der Waals surface area contributed by atoms with E-state index in [1.807, 2.05) is 0 Å². The Bertz CT molecular complexity index is 439.